The van der Waals surface area contributed by atoms with Crippen LogP contribution in [0.2, 0.25) is 0 Å². The van der Waals surface area contributed by atoms with E-state index in [2.05, 4.69) is 0 Å². The summed E-state index contributed by atoms with van der Waals surface area (Å²) in [6, 6.07) is 14.6. The monoisotopic (exact) mass is 337 g/mol. The minimum absolute atomic E-state index is 0.00347. The van der Waals surface area contributed by atoms with Gasteiger partial charge in [-0.1, -0.05) is 42.5 Å². The number of amides is 1. The lowest BCUT2D eigenvalue weighted by Crippen LogP contribution is -2.27. The van der Waals surface area contributed by atoms with Gasteiger partial charge in [-0.15, -0.1) is 11.8 Å². The summed E-state index contributed by atoms with van der Waals surface area (Å²) < 4.78 is 38.0. The van der Waals surface area contributed by atoms with Crippen molar-refractivity contribution >= 4 is 17.7 Å². The number of carbonyl (C=O) groups excluding carboxylic acids is 1. The first-order chi connectivity index (χ1) is 10.9. The zero-order valence-electron chi connectivity index (χ0n) is 12.1. The van der Waals surface area contributed by atoms with E-state index in [1.165, 1.54) is 23.9 Å². The lowest BCUT2D eigenvalue weighted by atomic mass is 10.1. The van der Waals surface area contributed by atoms with E-state index < -0.39 is 11.7 Å². The van der Waals surface area contributed by atoms with Crippen molar-refractivity contribution in [3.05, 3.63) is 71.3 Å². The Balaban J connectivity index is 1.82. The van der Waals surface area contributed by atoms with Crippen LogP contribution < -0.4 is 0 Å². The van der Waals surface area contributed by atoms with Crippen LogP contribution in [0.15, 0.2) is 54.6 Å². The molecule has 1 heterocycles. The van der Waals surface area contributed by atoms with E-state index in [1.54, 1.807) is 4.90 Å². The third-order valence-corrected chi connectivity index (χ3v) is 4.94. The summed E-state index contributed by atoms with van der Waals surface area (Å²) >= 11 is 1.44. The lowest BCUT2D eigenvalue weighted by molar-refractivity contribution is -0.137. The molecule has 23 heavy (non-hydrogen) atoms. The van der Waals surface area contributed by atoms with E-state index in [9.17, 15) is 18.0 Å². The summed E-state index contributed by atoms with van der Waals surface area (Å²) in [4.78, 5) is 13.8. The summed E-state index contributed by atoms with van der Waals surface area (Å²) in [5.41, 5.74) is 1.04. The largest absolute Gasteiger partial charge is 0.416 e. The molecular formula is C17H14F3NOS. The second kappa shape index (κ2) is 6.28. The molecule has 1 fully saturated rings. The number of hydrogen-bond donors (Lipinski definition) is 0. The minimum atomic E-state index is -4.35. The van der Waals surface area contributed by atoms with Gasteiger partial charge in [-0.3, -0.25) is 4.79 Å². The van der Waals surface area contributed by atoms with Gasteiger partial charge in [0.1, 0.15) is 5.37 Å². The highest BCUT2D eigenvalue weighted by molar-refractivity contribution is 8.00. The molecule has 0 aliphatic carbocycles. The van der Waals surface area contributed by atoms with Gasteiger partial charge in [0.05, 0.1) is 11.3 Å². The fraction of sp³-hybridized carbons (Fsp3) is 0.235. The zero-order chi connectivity index (χ0) is 16.4. The molecule has 1 aliphatic rings. The number of rotatable bonds is 3. The zero-order valence-corrected chi connectivity index (χ0v) is 12.9. The molecule has 1 amide bonds. The summed E-state index contributed by atoms with van der Waals surface area (Å²) in [6.07, 6.45) is -4.35. The van der Waals surface area contributed by atoms with Crippen LogP contribution in [0.25, 0.3) is 0 Å². The molecule has 2 aromatic rings. The Morgan fingerprint density at radius 1 is 1.04 bits per heavy atom. The maximum Gasteiger partial charge on any atom is 0.416 e. The van der Waals surface area contributed by atoms with E-state index in [-0.39, 0.29) is 11.3 Å². The number of carbonyl (C=O) groups is 1. The SMILES string of the molecule is O=C1CSC(c2ccc(C(F)(F)F)cc2)N1Cc1ccccc1. The number of benzene rings is 2. The van der Waals surface area contributed by atoms with E-state index >= 15 is 0 Å². The van der Waals surface area contributed by atoms with Gasteiger partial charge in [0.15, 0.2) is 0 Å². The number of nitrogens with zero attached hydrogens (tertiary/aromatic N) is 1. The van der Waals surface area contributed by atoms with Crippen molar-refractivity contribution in [1.29, 1.82) is 0 Å². The first kappa shape index (κ1) is 15.9. The van der Waals surface area contributed by atoms with Crippen molar-refractivity contribution in [1.82, 2.24) is 4.90 Å². The van der Waals surface area contributed by atoms with Gasteiger partial charge in [-0.25, -0.2) is 0 Å². The highest BCUT2D eigenvalue weighted by Crippen LogP contribution is 2.40. The Labute approximate surface area is 136 Å². The average molecular weight is 337 g/mol. The van der Waals surface area contributed by atoms with Crippen LogP contribution in [0.3, 0.4) is 0 Å². The first-order valence-electron chi connectivity index (χ1n) is 7.07. The fourth-order valence-electron chi connectivity index (χ4n) is 2.52. The maximum atomic E-state index is 12.7. The Kier molecular flexibility index (Phi) is 4.35. The summed E-state index contributed by atoms with van der Waals surface area (Å²) in [5, 5.41) is -0.245. The van der Waals surface area contributed by atoms with Crippen molar-refractivity contribution in [3.8, 4) is 0 Å². The molecule has 0 spiro atoms. The molecule has 0 bridgehead atoms. The molecule has 2 nitrogen and oxygen atoms in total. The van der Waals surface area contributed by atoms with Crippen LogP contribution in [-0.2, 0) is 17.5 Å². The maximum absolute atomic E-state index is 12.7. The molecule has 120 valence electrons. The second-order valence-corrected chi connectivity index (χ2v) is 6.36. The van der Waals surface area contributed by atoms with Gasteiger partial charge in [-0.05, 0) is 23.3 Å². The van der Waals surface area contributed by atoms with Crippen molar-refractivity contribution in [3.63, 3.8) is 0 Å². The van der Waals surface area contributed by atoms with E-state index in [1.807, 2.05) is 30.3 Å². The van der Waals surface area contributed by atoms with Gasteiger partial charge < -0.3 is 4.90 Å². The van der Waals surface area contributed by atoms with Gasteiger partial charge >= 0.3 is 6.18 Å². The van der Waals surface area contributed by atoms with E-state index in [0.717, 1.165) is 17.7 Å². The van der Waals surface area contributed by atoms with Gasteiger partial charge in [0, 0.05) is 6.54 Å². The van der Waals surface area contributed by atoms with Crippen LogP contribution in [0.1, 0.15) is 22.1 Å². The normalized spacial score (nSPS) is 18.5. The molecule has 3 rings (SSSR count). The summed E-state index contributed by atoms with van der Waals surface area (Å²) in [7, 11) is 0. The quantitative estimate of drug-likeness (QED) is 0.823. The van der Waals surface area contributed by atoms with Crippen molar-refractivity contribution in [2.45, 2.75) is 18.1 Å². The standard InChI is InChI=1S/C17H14F3NOS/c18-17(19,20)14-8-6-13(7-9-14)16-21(15(22)11-23-16)10-12-4-2-1-3-5-12/h1-9,16H,10-11H2. The van der Waals surface area contributed by atoms with Gasteiger partial charge in [0.2, 0.25) is 5.91 Å². The number of thioether (sulfide) groups is 1. The Morgan fingerprint density at radius 2 is 1.70 bits per heavy atom. The van der Waals surface area contributed by atoms with Crippen LogP contribution in [0.4, 0.5) is 13.2 Å². The molecule has 1 aliphatic heterocycles. The van der Waals surface area contributed by atoms with E-state index in [4.69, 9.17) is 0 Å². The van der Waals surface area contributed by atoms with Crippen molar-refractivity contribution < 1.29 is 18.0 Å². The number of alkyl halides is 3. The van der Waals surface area contributed by atoms with E-state index in [0.29, 0.717) is 17.9 Å². The Bertz CT molecular complexity index is 685. The summed E-state index contributed by atoms with van der Waals surface area (Å²) in [5.74, 6) is 0.349. The average Bonchev–Trinajstić information content (AvgIpc) is 2.89. The van der Waals surface area contributed by atoms with Crippen LogP contribution in [0, 0.1) is 0 Å². The molecule has 1 unspecified atom stereocenters. The number of hydrogen-bond acceptors (Lipinski definition) is 2. The molecule has 1 saturated heterocycles. The molecule has 0 saturated carbocycles. The topological polar surface area (TPSA) is 20.3 Å². The van der Waals surface area contributed by atoms with Crippen molar-refractivity contribution in [2.24, 2.45) is 0 Å². The first-order valence-corrected chi connectivity index (χ1v) is 8.12. The third kappa shape index (κ3) is 3.52. The van der Waals surface area contributed by atoms with Crippen LogP contribution in [0.5, 0.6) is 0 Å². The van der Waals surface area contributed by atoms with Crippen LogP contribution in [-0.4, -0.2) is 16.6 Å². The highest BCUT2D eigenvalue weighted by Gasteiger charge is 2.34. The highest BCUT2D eigenvalue weighted by atomic mass is 32.2. The second-order valence-electron chi connectivity index (χ2n) is 5.29. The number of halogens is 3. The van der Waals surface area contributed by atoms with Crippen LogP contribution >= 0.6 is 11.8 Å². The minimum Gasteiger partial charge on any atom is -0.322 e. The molecule has 0 N–H and O–H groups in total. The molecule has 1 atom stereocenters. The smallest absolute Gasteiger partial charge is 0.322 e. The molecular weight excluding hydrogens is 323 g/mol. The Hall–Kier alpha value is -1.95. The lowest BCUT2D eigenvalue weighted by Gasteiger charge is -2.24. The molecule has 0 aromatic heterocycles. The predicted octanol–water partition coefficient (Wildman–Crippen LogP) is 4.48. The fourth-order valence-corrected chi connectivity index (χ4v) is 3.71. The molecule has 6 heteroatoms. The summed E-state index contributed by atoms with van der Waals surface area (Å²) in [6.45, 7) is 0.457. The van der Waals surface area contributed by atoms with Gasteiger partial charge in [0.25, 0.3) is 0 Å². The molecule has 2 aromatic carbocycles. The molecule has 0 radical (unpaired) electrons. The van der Waals surface area contributed by atoms with Crippen molar-refractivity contribution in [2.75, 3.05) is 5.75 Å². The third-order valence-electron chi connectivity index (χ3n) is 3.69. The predicted molar refractivity (Wildman–Crippen MR) is 83.6 cm³/mol. The Morgan fingerprint density at radius 3 is 2.30 bits per heavy atom. The van der Waals surface area contributed by atoms with Gasteiger partial charge in [-0.2, -0.15) is 13.2 Å².